The van der Waals surface area contributed by atoms with Crippen molar-refractivity contribution in [1.29, 1.82) is 0 Å². The van der Waals surface area contributed by atoms with Crippen molar-refractivity contribution < 1.29 is 23.9 Å². The molecule has 1 aliphatic rings. The van der Waals surface area contributed by atoms with E-state index < -0.39 is 29.6 Å². The Labute approximate surface area is 254 Å². The van der Waals surface area contributed by atoms with Crippen molar-refractivity contribution in [2.45, 2.75) is 12.5 Å². The highest BCUT2D eigenvalue weighted by Gasteiger charge is 2.38. The zero-order chi connectivity index (χ0) is 31.0. The number of pyridine rings is 1. The number of carbonyl (C=O) groups is 3. The van der Waals surface area contributed by atoms with Crippen LogP contribution in [0.3, 0.4) is 0 Å². The summed E-state index contributed by atoms with van der Waals surface area (Å²) in [7, 11) is 0. The zero-order valence-electron chi connectivity index (χ0n) is 22.8. The fourth-order valence-corrected chi connectivity index (χ4v) is 5.38. The van der Waals surface area contributed by atoms with E-state index in [9.17, 15) is 23.9 Å². The Morgan fingerprint density at radius 2 is 1.80 bits per heavy atom. The second-order valence-electron chi connectivity index (χ2n) is 9.99. The van der Waals surface area contributed by atoms with Crippen LogP contribution in [0, 0.1) is 5.82 Å². The highest BCUT2D eigenvalue weighted by molar-refractivity contribution is 6.30. The Hall–Kier alpha value is -5.62. The normalized spacial score (nSPS) is 14.1. The van der Waals surface area contributed by atoms with Gasteiger partial charge in [0.1, 0.15) is 17.5 Å². The monoisotopic (exact) mass is 611 g/mol. The number of nitrogen functional groups attached to an aromatic ring is 1. The number of hydrogen-bond acceptors (Lipinski definition) is 7. The van der Waals surface area contributed by atoms with Gasteiger partial charge in [-0.05, 0) is 71.6 Å². The van der Waals surface area contributed by atoms with Gasteiger partial charge in [-0.2, -0.15) is 0 Å². The number of nitrogens with one attached hydrogen (secondary N) is 1. The molecule has 11 nitrogen and oxygen atoms in total. The van der Waals surface area contributed by atoms with Crippen molar-refractivity contribution in [3.63, 3.8) is 0 Å². The lowest BCUT2D eigenvalue weighted by Crippen LogP contribution is -2.45. The molecule has 3 aromatic carbocycles. The minimum absolute atomic E-state index is 0.00823. The van der Waals surface area contributed by atoms with Gasteiger partial charge in [0.2, 0.25) is 0 Å². The minimum atomic E-state index is -1.10. The highest BCUT2D eigenvalue weighted by Crippen LogP contribution is 2.37. The molecule has 2 aromatic heterocycles. The average molecular weight is 612 g/mol. The highest BCUT2D eigenvalue weighted by atomic mass is 35.5. The van der Waals surface area contributed by atoms with Crippen LogP contribution in [0.1, 0.15) is 38.0 Å². The number of carboxylic acids is 1. The van der Waals surface area contributed by atoms with Crippen molar-refractivity contribution in [3.05, 3.63) is 118 Å². The summed E-state index contributed by atoms with van der Waals surface area (Å²) < 4.78 is 15.8. The lowest BCUT2D eigenvalue weighted by molar-refractivity contribution is -0.121. The Kier molecular flexibility index (Phi) is 7.50. The van der Waals surface area contributed by atoms with Crippen LogP contribution >= 0.6 is 11.6 Å². The summed E-state index contributed by atoms with van der Waals surface area (Å²) in [6.45, 7) is 0.152. The molecule has 0 saturated carbocycles. The molecule has 1 unspecified atom stereocenters. The third-order valence-corrected chi connectivity index (χ3v) is 7.61. The van der Waals surface area contributed by atoms with Gasteiger partial charge >= 0.3 is 5.97 Å². The molecule has 4 N–H and O–H groups in total. The lowest BCUT2D eigenvalue weighted by Gasteiger charge is -2.37. The number of halogens is 2. The SMILES string of the molecule is Nc1ccc(-c2cccc3c2CCN(C(=O)c2cn(-c4cccc(Cl)c4F)nn2)C3C(=O)Nc2ccc(C(=O)O)cc2)cn1. The molecule has 2 amide bonds. The molecule has 0 saturated heterocycles. The number of aromatic nitrogens is 4. The number of fused-ring (bicyclic) bond motifs is 1. The molecular weight excluding hydrogens is 589 g/mol. The molecule has 0 fully saturated rings. The molecule has 0 bridgehead atoms. The zero-order valence-corrected chi connectivity index (χ0v) is 23.6. The number of hydrogen-bond donors (Lipinski definition) is 3. The van der Waals surface area contributed by atoms with E-state index in [1.807, 2.05) is 12.1 Å². The minimum Gasteiger partial charge on any atom is -0.478 e. The first-order chi connectivity index (χ1) is 21.2. The molecule has 0 aliphatic carbocycles. The van der Waals surface area contributed by atoms with Gasteiger partial charge in [-0.3, -0.25) is 9.59 Å². The molecule has 6 rings (SSSR count). The van der Waals surface area contributed by atoms with Gasteiger partial charge in [-0.1, -0.05) is 41.1 Å². The summed E-state index contributed by atoms with van der Waals surface area (Å²) in [4.78, 5) is 44.7. The second-order valence-corrected chi connectivity index (χ2v) is 10.4. The predicted octanol–water partition coefficient (Wildman–Crippen LogP) is 4.78. The van der Waals surface area contributed by atoms with E-state index in [1.165, 1.54) is 47.5 Å². The van der Waals surface area contributed by atoms with Crippen molar-refractivity contribution >= 4 is 40.9 Å². The van der Waals surface area contributed by atoms with E-state index in [0.717, 1.165) is 21.4 Å². The largest absolute Gasteiger partial charge is 0.478 e. The molecule has 0 radical (unpaired) electrons. The number of carboxylic acid groups (broad SMARTS) is 1. The summed E-state index contributed by atoms with van der Waals surface area (Å²) in [6.07, 6.45) is 3.34. The van der Waals surface area contributed by atoms with Gasteiger partial charge in [0.25, 0.3) is 11.8 Å². The summed E-state index contributed by atoms with van der Waals surface area (Å²) in [5.74, 6) is -2.57. The van der Waals surface area contributed by atoms with E-state index in [4.69, 9.17) is 17.3 Å². The molecule has 1 atom stereocenters. The Morgan fingerprint density at radius 3 is 2.52 bits per heavy atom. The van der Waals surface area contributed by atoms with E-state index in [2.05, 4.69) is 20.6 Å². The van der Waals surface area contributed by atoms with Crippen LogP contribution in [0.2, 0.25) is 5.02 Å². The molecule has 5 aromatic rings. The summed E-state index contributed by atoms with van der Waals surface area (Å²) >= 11 is 5.92. The van der Waals surface area contributed by atoms with E-state index >= 15 is 0 Å². The molecule has 3 heterocycles. The smallest absolute Gasteiger partial charge is 0.335 e. The van der Waals surface area contributed by atoms with Gasteiger partial charge in [0.15, 0.2) is 11.5 Å². The van der Waals surface area contributed by atoms with Gasteiger partial charge in [-0.15, -0.1) is 5.10 Å². The van der Waals surface area contributed by atoms with Crippen LogP contribution in [0.15, 0.2) is 85.2 Å². The number of rotatable bonds is 6. The maximum absolute atomic E-state index is 14.6. The van der Waals surface area contributed by atoms with Crippen molar-refractivity contribution in [2.75, 3.05) is 17.6 Å². The number of amides is 2. The van der Waals surface area contributed by atoms with E-state index in [1.54, 1.807) is 30.5 Å². The van der Waals surface area contributed by atoms with Crippen LogP contribution in [0.25, 0.3) is 16.8 Å². The van der Waals surface area contributed by atoms with Crippen molar-refractivity contribution in [3.8, 4) is 16.8 Å². The molecule has 44 heavy (non-hydrogen) atoms. The molecule has 13 heteroatoms. The first-order valence-electron chi connectivity index (χ1n) is 13.4. The maximum atomic E-state index is 14.6. The third kappa shape index (κ3) is 5.34. The van der Waals surface area contributed by atoms with Crippen LogP contribution in [-0.4, -0.2) is 54.3 Å². The first kappa shape index (κ1) is 28.5. The Bertz CT molecular complexity index is 1910. The number of anilines is 2. The fourth-order valence-electron chi connectivity index (χ4n) is 5.21. The Balaban J connectivity index is 1.38. The Morgan fingerprint density at radius 1 is 1.02 bits per heavy atom. The third-order valence-electron chi connectivity index (χ3n) is 7.32. The first-order valence-corrected chi connectivity index (χ1v) is 13.7. The van der Waals surface area contributed by atoms with Gasteiger partial charge in [-0.25, -0.2) is 18.9 Å². The standard InChI is InChI=1S/C31H23ClFN7O4/c32-23-5-2-6-25(27(23)33)40-16-24(37-38-40)30(42)39-14-13-21-20(18-9-12-26(34)35-15-18)3-1-4-22(21)28(39)29(41)36-19-10-7-17(8-11-19)31(43)44/h1-12,15-16,28H,13-14H2,(H2,34,35)(H,36,41)(H,43,44). The maximum Gasteiger partial charge on any atom is 0.335 e. The van der Waals surface area contributed by atoms with E-state index in [-0.39, 0.29) is 28.5 Å². The van der Waals surface area contributed by atoms with Crippen molar-refractivity contribution in [2.24, 2.45) is 0 Å². The van der Waals surface area contributed by atoms with Crippen LogP contribution in [0.5, 0.6) is 0 Å². The molecular formula is C31H23ClFN7O4. The molecule has 1 aliphatic heterocycles. The van der Waals surface area contributed by atoms with Gasteiger partial charge in [0.05, 0.1) is 16.8 Å². The van der Waals surface area contributed by atoms with Crippen LogP contribution < -0.4 is 11.1 Å². The quantitative estimate of drug-likeness (QED) is 0.248. The van der Waals surface area contributed by atoms with Gasteiger partial charge in [0, 0.05) is 24.0 Å². The number of nitrogens with zero attached hydrogens (tertiary/aromatic N) is 5. The predicted molar refractivity (Wildman–Crippen MR) is 160 cm³/mol. The fraction of sp³-hybridized carbons (Fsp3) is 0.0968. The average Bonchev–Trinajstić information content (AvgIpc) is 3.52. The summed E-state index contributed by atoms with van der Waals surface area (Å²) in [5, 5.41) is 19.8. The molecule has 0 spiro atoms. The summed E-state index contributed by atoms with van der Waals surface area (Å²) in [6, 6.07) is 18.0. The number of aromatic carboxylic acids is 1. The lowest BCUT2D eigenvalue weighted by atomic mass is 9.86. The van der Waals surface area contributed by atoms with Crippen LogP contribution in [0.4, 0.5) is 15.9 Å². The van der Waals surface area contributed by atoms with Crippen molar-refractivity contribution in [1.82, 2.24) is 24.9 Å². The molecule has 220 valence electrons. The van der Waals surface area contributed by atoms with Gasteiger partial charge < -0.3 is 21.1 Å². The second kappa shape index (κ2) is 11.6. The number of carbonyl (C=O) groups excluding carboxylic acids is 2. The topological polar surface area (TPSA) is 156 Å². The number of nitrogens with two attached hydrogens (primary N) is 1. The van der Waals surface area contributed by atoms with Crippen LogP contribution in [-0.2, 0) is 11.2 Å². The summed E-state index contributed by atoms with van der Waals surface area (Å²) in [5.41, 5.74) is 9.18. The number of benzene rings is 3. The van der Waals surface area contributed by atoms with E-state index in [0.29, 0.717) is 23.5 Å².